The van der Waals surface area contributed by atoms with Crippen LogP contribution in [0.25, 0.3) is 0 Å². The van der Waals surface area contributed by atoms with E-state index in [1.807, 2.05) is 4.90 Å². The number of likely N-dealkylation sites (tertiary alicyclic amines) is 1. The second kappa shape index (κ2) is 13.4. The van der Waals surface area contributed by atoms with Crippen LogP contribution in [0.4, 0.5) is 0 Å². The molecule has 0 radical (unpaired) electrons. The lowest BCUT2D eigenvalue weighted by atomic mass is 10.2. The molecule has 37 heavy (non-hydrogen) atoms. The summed E-state index contributed by atoms with van der Waals surface area (Å²) in [6, 6.07) is 2.39. The highest BCUT2D eigenvalue weighted by Gasteiger charge is 2.36. The molecule has 3 aliphatic heterocycles. The zero-order valence-corrected chi connectivity index (χ0v) is 23.9. The average molecular weight is 578 g/mol. The molecule has 3 aliphatic rings. The summed E-state index contributed by atoms with van der Waals surface area (Å²) < 4.78 is 39.4. The van der Waals surface area contributed by atoms with Crippen LogP contribution in [0, 0.1) is 6.92 Å². The third kappa shape index (κ3) is 7.57. The van der Waals surface area contributed by atoms with Gasteiger partial charge in [0.2, 0.25) is 15.9 Å². The van der Waals surface area contributed by atoms with Gasteiger partial charge in [-0.15, -0.1) is 0 Å². The van der Waals surface area contributed by atoms with Crippen LogP contribution < -0.4 is 0 Å². The number of ether oxygens (including phenoxy) is 2. The molecule has 0 N–H and O–H groups in total. The number of halogens is 2. The molecule has 12 heteroatoms. The topological polar surface area (TPSA) is 82.6 Å². The van der Waals surface area contributed by atoms with Crippen LogP contribution in [0.3, 0.4) is 0 Å². The molecule has 3 heterocycles. The highest BCUT2D eigenvalue weighted by atomic mass is 35.5. The summed E-state index contributed by atoms with van der Waals surface area (Å²) in [5.41, 5.74) is 0.628. The minimum atomic E-state index is -3.89. The lowest BCUT2D eigenvalue weighted by Crippen LogP contribution is -2.52. The number of hydrogen-bond donors (Lipinski definition) is 0. The number of amides is 1. The van der Waals surface area contributed by atoms with Crippen molar-refractivity contribution in [3.05, 3.63) is 27.7 Å². The predicted octanol–water partition coefficient (Wildman–Crippen LogP) is 2.34. The van der Waals surface area contributed by atoms with Crippen molar-refractivity contribution < 1.29 is 22.7 Å². The van der Waals surface area contributed by atoms with Gasteiger partial charge in [-0.2, -0.15) is 4.31 Å². The molecular formula is C25H38Cl2N4O5S. The van der Waals surface area contributed by atoms with Crippen molar-refractivity contribution in [1.82, 2.24) is 19.0 Å². The molecule has 1 aromatic carbocycles. The van der Waals surface area contributed by atoms with Gasteiger partial charge in [0, 0.05) is 37.7 Å². The minimum absolute atomic E-state index is 0.0114. The first kappa shape index (κ1) is 29.0. The van der Waals surface area contributed by atoms with Crippen molar-refractivity contribution in [2.45, 2.75) is 37.1 Å². The summed E-state index contributed by atoms with van der Waals surface area (Å²) in [7, 11) is -3.89. The number of rotatable bonds is 10. The monoisotopic (exact) mass is 576 g/mol. The summed E-state index contributed by atoms with van der Waals surface area (Å²) in [5, 5.41) is 0.486. The third-order valence-corrected chi connectivity index (χ3v) is 10.2. The van der Waals surface area contributed by atoms with Crippen LogP contribution in [0.1, 0.15) is 24.8 Å². The van der Waals surface area contributed by atoms with Crippen molar-refractivity contribution >= 4 is 39.1 Å². The molecule has 0 bridgehead atoms. The smallest absolute Gasteiger partial charge is 0.248 e. The number of nitrogens with zero attached hydrogens (tertiary/aromatic N) is 4. The Kier molecular flexibility index (Phi) is 10.5. The molecule has 3 fully saturated rings. The minimum Gasteiger partial charge on any atom is -0.378 e. The number of carbonyl (C=O) groups is 1. The van der Waals surface area contributed by atoms with Gasteiger partial charge in [-0.05, 0) is 70.1 Å². The normalized spacial score (nSPS) is 22.6. The van der Waals surface area contributed by atoms with Crippen molar-refractivity contribution in [2.75, 3.05) is 85.3 Å². The van der Waals surface area contributed by atoms with E-state index in [-0.39, 0.29) is 48.8 Å². The summed E-state index contributed by atoms with van der Waals surface area (Å²) in [6.45, 7) is 10.2. The zero-order chi connectivity index (χ0) is 26.4. The van der Waals surface area contributed by atoms with Gasteiger partial charge in [0.1, 0.15) is 11.5 Å². The fraction of sp³-hybridized carbons (Fsp3) is 0.720. The van der Waals surface area contributed by atoms with Crippen molar-refractivity contribution in [3.63, 3.8) is 0 Å². The first-order chi connectivity index (χ1) is 17.8. The van der Waals surface area contributed by atoms with Crippen LogP contribution in [0.5, 0.6) is 0 Å². The van der Waals surface area contributed by atoms with Crippen LogP contribution in [0.2, 0.25) is 10.0 Å². The van der Waals surface area contributed by atoms with Crippen LogP contribution in [0.15, 0.2) is 17.0 Å². The molecule has 0 saturated carbocycles. The van der Waals surface area contributed by atoms with Gasteiger partial charge in [-0.3, -0.25) is 9.69 Å². The Morgan fingerprint density at radius 3 is 2.38 bits per heavy atom. The SMILES string of the molecule is Cc1cc(S(=O)(=O)N2CCOC[C@H]2COCC(=O)N2CCN(CCCN3CCCC3)CC2)c(Cl)cc1Cl. The van der Waals surface area contributed by atoms with Crippen LogP contribution in [-0.4, -0.2) is 125 Å². The van der Waals surface area contributed by atoms with E-state index in [9.17, 15) is 13.2 Å². The van der Waals surface area contributed by atoms with Gasteiger partial charge in [0.05, 0.1) is 30.9 Å². The summed E-state index contributed by atoms with van der Waals surface area (Å²) in [6.07, 6.45) is 3.81. The van der Waals surface area contributed by atoms with E-state index in [1.54, 1.807) is 6.92 Å². The van der Waals surface area contributed by atoms with E-state index in [2.05, 4.69) is 9.80 Å². The molecule has 0 aliphatic carbocycles. The second-order valence-corrected chi connectivity index (χ2v) is 12.7. The number of benzene rings is 1. The Morgan fingerprint density at radius 1 is 1.00 bits per heavy atom. The first-order valence-electron chi connectivity index (χ1n) is 13.1. The van der Waals surface area contributed by atoms with Crippen molar-refractivity contribution in [2.24, 2.45) is 0 Å². The second-order valence-electron chi connectivity index (χ2n) is 10.0. The van der Waals surface area contributed by atoms with E-state index < -0.39 is 16.1 Å². The van der Waals surface area contributed by atoms with Crippen molar-refractivity contribution in [1.29, 1.82) is 0 Å². The van der Waals surface area contributed by atoms with Gasteiger partial charge < -0.3 is 19.3 Å². The van der Waals surface area contributed by atoms with E-state index in [0.717, 1.165) is 26.2 Å². The molecule has 0 unspecified atom stereocenters. The number of piperazine rings is 1. The van der Waals surface area contributed by atoms with Gasteiger partial charge >= 0.3 is 0 Å². The molecule has 4 rings (SSSR count). The third-order valence-electron chi connectivity index (χ3n) is 7.38. The van der Waals surface area contributed by atoms with E-state index >= 15 is 0 Å². The highest BCUT2D eigenvalue weighted by molar-refractivity contribution is 7.89. The zero-order valence-electron chi connectivity index (χ0n) is 21.5. The van der Waals surface area contributed by atoms with E-state index in [4.69, 9.17) is 32.7 Å². The number of aryl methyl sites for hydroxylation is 1. The molecule has 9 nitrogen and oxygen atoms in total. The number of hydrogen-bond acceptors (Lipinski definition) is 7. The average Bonchev–Trinajstić information content (AvgIpc) is 3.40. The lowest BCUT2D eigenvalue weighted by molar-refractivity contribution is -0.138. The number of sulfonamides is 1. The molecule has 0 aromatic heterocycles. The molecule has 1 aromatic rings. The molecule has 0 spiro atoms. The maximum atomic E-state index is 13.4. The Labute approximate surface area is 230 Å². The van der Waals surface area contributed by atoms with Crippen LogP contribution in [-0.2, 0) is 24.3 Å². The molecular weight excluding hydrogens is 539 g/mol. The standard InChI is InChI=1S/C25H38Cl2N4O5S/c1-20-15-24(23(27)16-22(20)26)37(33,34)31-13-14-35-17-21(31)18-36-19-25(32)30-11-9-29(10-12-30)8-4-7-28-5-2-3-6-28/h15-16,21H,2-14,17-19H2,1H3/t21-/m0/s1. The number of morpholine rings is 1. The van der Waals surface area contributed by atoms with Crippen LogP contribution >= 0.6 is 23.2 Å². The van der Waals surface area contributed by atoms with Gasteiger partial charge in [-0.1, -0.05) is 23.2 Å². The highest BCUT2D eigenvalue weighted by Crippen LogP contribution is 2.31. The Balaban J connectivity index is 1.23. The molecule has 1 amide bonds. The summed E-state index contributed by atoms with van der Waals surface area (Å²) in [4.78, 5) is 19.5. The largest absolute Gasteiger partial charge is 0.378 e. The quantitative estimate of drug-likeness (QED) is 0.422. The Bertz CT molecular complexity index is 1030. The van der Waals surface area contributed by atoms with Gasteiger partial charge in [0.15, 0.2) is 0 Å². The maximum Gasteiger partial charge on any atom is 0.248 e. The first-order valence-corrected chi connectivity index (χ1v) is 15.3. The Morgan fingerprint density at radius 2 is 1.68 bits per heavy atom. The predicted molar refractivity (Wildman–Crippen MR) is 144 cm³/mol. The molecule has 3 saturated heterocycles. The fourth-order valence-electron chi connectivity index (χ4n) is 5.16. The lowest BCUT2D eigenvalue weighted by Gasteiger charge is -2.36. The molecule has 1 atom stereocenters. The summed E-state index contributed by atoms with van der Waals surface area (Å²) >= 11 is 12.3. The Hall–Kier alpha value is -0.980. The summed E-state index contributed by atoms with van der Waals surface area (Å²) in [5.74, 6) is -0.0702. The fourth-order valence-corrected chi connectivity index (χ4v) is 7.55. The number of carbonyl (C=O) groups excluding carboxylic acids is 1. The van der Waals surface area contributed by atoms with Gasteiger partial charge in [0.25, 0.3) is 0 Å². The van der Waals surface area contributed by atoms with Gasteiger partial charge in [-0.25, -0.2) is 8.42 Å². The molecule has 208 valence electrons. The van der Waals surface area contributed by atoms with E-state index in [0.29, 0.717) is 23.7 Å². The van der Waals surface area contributed by atoms with Crippen molar-refractivity contribution in [3.8, 4) is 0 Å². The maximum absolute atomic E-state index is 13.4. The van der Waals surface area contributed by atoms with E-state index in [1.165, 1.54) is 48.8 Å².